The second kappa shape index (κ2) is 10.6. The van der Waals surface area contributed by atoms with Crippen LogP contribution in [0.25, 0.3) is 10.8 Å². The number of hydrogen-bond acceptors (Lipinski definition) is 6. The molecule has 1 N–H and O–H groups in total. The van der Waals surface area contributed by atoms with Gasteiger partial charge in [-0.1, -0.05) is 19.9 Å². The quantitative estimate of drug-likeness (QED) is 0.433. The van der Waals surface area contributed by atoms with Crippen LogP contribution < -0.4 is 10.2 Å². The van der Waals surface area contributed by atoms with Gasteiger partial charge in [-0.2, -0.15) is 11.8 Å². The van der Waals surface area contributed by atoms with E-state index in [2.05, 4.69) is 63.5 Å². The fourth-order valence-electron chi connectivity index (χ4n) is 4.05. The van der Waals surface area contributed by atoms with Crippen LogP contribution in [0.2, 0.25) is 0 Å². The van der Waals surface area contributed by atoms with Gasteiger partial charge in [-0.25, -0.2) is 23.7 Å². The molecule has 2 fully saturated rings. The molecule has 1 saturated heterocycles. The largest absolute Gasteiger partial charge is 0.370 e. The fraction of sp³-hybridized carbons (Fsp3) is 0.480. The molecule has 2 aliphatic rings. The van der Waals surface area contributed by atoms with Crippen LogP contribution in [0.5, 0.6) is 0 Å². The van der Waals surface area contributed by atoms with Crippen molar-refractivity contribution < 1.29 is 8.78 Å². The zero-order valence-electron chi connectivity index (χ0n) is 19.3. The van der Waals surface area contributed by atoms with Crippen molar-refractivity contribution in [2.75, 3.05) is 35.3 Å². The van der Waals surface area contributed by atoms with Gasteiger partial charge in [0.2, 0.25) is 6.43 Å². The van der Waals surface area contributed by atoms with Gasteiger partial charge in [-0.15, -0.1) is 0 Å². The maximum Gasteiger partial charge on any atom is 0.241 e. The van der Waals surface area contributed by atoms with Crippen molar-refractivity contribution >= 4 is 39.9 Å². The molecular weight excluding hydrogens is 440 g/mol. The summed E-state index contributed by atoms with van der Waals surface area (Å²) < 4.78 is 22.4. The number of benzene rings is 1. The molecule has 0 radical (unpaired) electrons. The summed E-state index contributed by atoms with van der Waals surface area (Å²) in [5, 5.41) is 5.78. The molecule has 176 valence electrons. The number of nitrogens with zero attached hydrogens (tertiary/aromatic N) is 4. The summed E-state index contributed by atoms with van der Waals surface area (Å²) in [4.78, 5) is 15.3. The van der Waals surface area contributed by atoms with E-state index in [4.69, 9.17) is 0 Å². The summed E-state index contributed by atoms with van der Waals surface area (Å²) >= 11 is 1.94. The standard InChI is InChI=1S/C21H25N5S.C4H6F2/c1-14(2)16-4-5-19(26-10-15(11-26)12-27-3)18-9-23-21(8-17(16)18)25-20-6-7-22-13-24-20;5-4(6)3-1-2-3/h4-9,13-15H,10-12H2,1-3H3,(H,22,23,24,25);3-4H,1-2H2. The predicted molar refractivity (Wildman–Crippen MR) is 134 cm³/mol. The van der Waals surface area contributed by atoms with Crippen LogP contribution in [0, 0.1) is 11.8 Å². The smallest absolute Gasteiger partial charge is 0.241 e. The summed E-state index contributed by atoms with van der Waals surface area (Å²) in [7, 11) is 0. The van der Waals surface area contributed by atoms with E-state index in [1.54, 1.807) is 6.20 Å². The summed E-state index contributed by atoms with van der Waals surface area (Å²) in [6, 6.07) is 8.54. The van der Waals surface area contributed by atoms with Crippen LogP contribution in [0.1, 0.15) is 38.2 Å². The number of fused-ring (bicyclic) bond motifs is 1. The third kappa shape index (κ3) is 5.91. The van der Waals surface area contributed by atoms with Crippen LogP contribution in [0.15, 0.2) is 43.0 Å². The normalized spacial score (nSPS) is 16.0. The lowest BCUT2D eigenvalue weighted by molar-refractivity contribution is 0.123. The highest BCUT2D eigenvalue weighted by Gasteiger charge is 2.30. The first kappa shape index (κ1) is 23.7. The Morgan fingerprint density at radius 1 is 1.09 bits per heavy atom. The Balaban J connectivity index is 0.000000376. The molecule has 1 aliphatic heterocycles. The maximum absolute atomic E-state index is 11.2. The van der Waals surface area contributed by atoms with Crippen molar-refractivity contribution in [1.82, 2.24) is 15.0 Å². The molecule has 33 heavy (non-hydrogen) atoms. The molecule has 0 bridgehead atoms. The third-order valence-electron chi connectivity index (χ3n) is 6.05. The number of thioether (sulfide) groups is 1. The molecule has 0 amide bonds. The maximum atomic E-state index is 11.2. The van der Waals surface area contributed by atoms with Crippen LogP contribution in [-0.2, 0) is 0 Å². The number of alkyl halides is 2. The van der Waals surface area contributed by atoms with Crippen LogP contribution >= 0.6 is 11.8 Å². The van der Waals surface area contributed by atoms with Crippen LogP contribution in [-0.4, -0.2) is 46.5 Å². The van der Waals surface area contributed by atoms with Crippen molar-refractivity contribution in [2.45, 2.75) is 39.0 Å². The molecule has 3 heterocycles. The Hall–Kier alpha value is -2.48. The lowest BCUT2D eigenvalue weighted by atomic mass is 9.93. The highest BCUT2D eigenvalue weighted by atomic mass is 32.2. The minimum Gasteiger partial charge on any atom is -0.370 e. The van der Waals surface area contributed by atoms with E-state index in [0.29, 0.717) is 5.92 Å². The average molecular weight is 472 g/mol. The fourth-order valence-corrected chi connectivity index (χ4v) is 4.73. The first-order valence-corrected chi connectivity index (χ1v) is 12.8. The number of aromatic nitrogens is 3. The van der Waals surface area contributed by atoms with Gasteiger partial charge in [0, 0.05) is 48.4 Å². The Labute approximate surface area is 198 Å². The molecule has 0 spiro atoms. The number of rotatable bonds is 7. The van der Waals surface area contributed by atoms with Gasteiger partial charge in [0.25, 0.3) is 0 Å². The first-order chi connectivity index (χ1) is 16.0. The van der Waals surface area contributed by atoms with Gasteiger partial charge in [0.05, 0.1) is 0 Å². The molecule has 1 aromatic carbocycles. The Bertz CT molecular complexity index is 1050. The first-order valence-electron chi connectivity index (χ1n) is 11.4. The molecule has 2 aromatic heterocycles. The predicted octanol–water partition coefficient (Wildman–Crippen LogP) is 6.35. The number of pyridine rings is 1. The summed E-state index contributed by atoms with van der Waals surface area (Å²) in [5.41, 5.74) is 2.65. The lowest BCUT2D eigenvalue weighted by Crippen LogP contribution is -2.48. The van der Waals surface area contributed by atoms with Crippen LogP contribution in [0.4, 0.5) is 26.1 Å². The lowest BCUT2D eigenvalue weighted by Gasteiger charge is -2.41. The van der Waals surface area contributed by atoms with Gasteiger partial charge in [-0.3, -0.25) is 0 Å². The van der Waals surface area contributed by atoms with E-state index < -0.39 is 6.43 Å². The molecule has 1 aliphatic carbocycles. The van der Waals surface area contributed by atoms with Gasteiger partial charge in [0.1, 0.15) is 18.0 Å². The number of hydrogen-bond donors (Lipinski definition) is 1. The highest BCUT2D eigenvalue weighted by molar-refractivity contribution is 7.98. The molecule has 8 heteroatoms. The van der Waals surface area contributed by atoms with E-state index in [0.717, 1.165) is 43.5 Å². The minimum absolute atomic E-state index is 0.231. The zero-order valence-corrected chi connectivity index (χ0v) is 20.2. The second-order valence-corrected chi connectivity index (χ2v) is 9.97. The topological polar surface area (TPSA) is 53.9 Å². The van der Waals surface area contributed by atoms with E-state index in [1.165, 1.54) is 34.1 Å². The van der Waals surface area contributed by atoms with E-state index in [1.807, 2.05) is 24.0 Å². The Kier molecular flexibility index (Phi) is 7.63. The second-order valence-electron chi connectivity index (χ2n) is 9.06. The molecule has 5 rings (SSSR count). The Morgan fingerprint density at radius 3 is 2.45 bits per heavy atom. The van der Waals surface area contributed by atoms with Crippen molar-refractivity contribution in [3.63, 3.8) is 0 Å². The van der Waals surface area contributed by atoms with Crippen molar-refractivity contribution in [1.29, 1.82) is 0 Å². The van der Waals surface area contributed by atoms with E-state index in [9.17, 15) is 8.78 Å². The molecule has 0 unspecified atom stereocenters. The molecule has 0 atom stereocenters. The number of nitrogens with one attached hydrogen (secondary N) is 1. The summed E-state index contributed by atoms with van der Waals surface area (Å²) in [6.45, 7) is 6.75. The molecular formula is C25H31F2N5S. The van der Waals surface area contributed by atoms with Gasteiger partial charge >= 0.3 is 0 Å². The molecule has 5 nitrogen and oxygen atoms in total. The van der Waals surface area contributed by atoms with Gasteiger partial charge in [0.15, 0.2) is 0 Å². The van der Waals surface area contributed by atoms with E-state index >= 15 is 0 Å². The molecule has 1 saturated carbocycles. The summed E-state index contributed by atoms with van der Waals surface area (Å²) in [5.74, 6) is 3.82. The Morgan fingerprint density at radius 2 is 1.88 bits per heavy atom. The average Bonchev–Trinajstić information content (AvgIpc) is 3.62. The SMILES string of the molecule is CSCC1CN(c2ccc(C(C)C)c3cc(Nc4ccncn4)ncc23)C1.FC(F)C1CC1. The van der Waals surface area contributed by atoms with Crippen molar-refractivity contribution in [3.8, 4) is 0 Å². The van der Waals surface area contributed by atoms with Crippen LogP contribution in [0.3, 0.4) is 0 Å². The van der Waals surface area contributed by atoms with Crippen molar-refractivity contribution in [2.24, 2.45) is 11.8 Å². The molecule has 3 aromatic rings. The van der Waals surface area contributed by atoms with Crippen molar-refractivity contribution in [3.05, 3.63) is 48.5 Å². The highest BCUT2D eigenvalue weighted by Crippen LogP contribution is 2.37. The number of halogens is 2. The monoisotopic (exact) mass is 471 g/mol. The zero-order chi connectivity index (χ0) is 23.4. The van der Waals surface area contributed by atoms with Gasteiger partial charge in [-0.05, 0) is 59.9 Å². The summed E-state index contributed by atoms with van der Waals surface area (Å²) in [6.07, 6.45) is 6.91. The van der Waals surface area contributed by atoms with Gasteiger partial charge < -0.3 is 10.2 Å². The van der Waals surface area contributed by atoms with E-state index in [-0.39, 0.29) is 5.92 Å². The minimum atomic E-state index is -2.04. The third-order valence-corrected chi connectivity index (χ3v) is 6.86. The number of anilines is 3.